The second-order valence-electron chi connectivity index (χ2n) is 5.26. The molecule has 0 bridgehead atoms. The van der Waals surface area contributed by atoms with E-state index in [4.69, 9.17) is 50.1 Å². The van der Waals surface area contributed by atoms with Crippen LogP contribution in [0.5, 0.6) is 0 Å². The third-order valence-electron chi connectivity index (χ3n) is 3.06. The molecule has 9 heteroatoms. The zero-order valence-corrected chi connectivity index (χ0v) is 18.2. The van der Waals surface area contributed by atoms with E-state index in [1.807, 2.05) is 0 Å². The van der Waals surface area contributed by atoms with E-state index < -0.39 is 22.2 Å². The molecule has 0 atom stereocenters. The predicted molar refractivity (Wildman–Crippen MR) is 122 cm³/mol. The standard InChI is InChI=1S/3C7H6O2.CHCl3/c3*8-7(9)6-4-2-1-3-5-6;2-1(3)4/h3*1-5H,(H,8,9);1H. The highest BCUT2D eigenvalue weighted by molar-refractivity contribution is 6.63. The molecule has 3 aromatic rings. The normalized spacial score (nSPS) is 8.90. The second kappa shape index (κ2) is 16.7. The number of aromatic carboxylic acids is 3. The first-order valence-electron chi connectivity index (χ1n) is 8.42. The quantitative estimate of drug-likeness (QED) is 0.384. The zero-order valence-electron chi connectivity index (χ0n) is 15.9. The first-order chi connectivity index (χ1) is 14.6. The molecule has 0 aliphatic carbocycles. The smallest absolute Gasteiger partial charge is 0.335 e. The molecule has 0 unspecified atom stereocenters. The maximum absolute atomic E-state index is 10.2. The van der Waals surface area contributed by atoms with Crippen LogP contribution in [-0.2, 0) is 0 Å². The molecule has 3 rings (SSSR count). The lowest BCUT2D eigenvalue weighted by Crippen LogP contribution is -1.93. The molecule has 0 aromatic heterocycles. The highest BCUT2D eigenvalue weighted by Crippen LogP contribution is 2.03. The van der Waals surface area contributed by atoms with E-state index in [-0.39, 0.29) is 0 Å². The summed E-state index contributed by atoms with van der Waals surface area (Å²) in [5.74, 6) is -2.64. The molecule has 0 spiro atoms. The molecular formula is C22H19Cl3O6. The van der Waals surface area contributed by atoms with Crippen LogP contribution in [-0.4, -0.2) is 37.5 Å². The summed E-state index contributed by atoms with van der Waals surface area (Å²) in [5.41, 5.74) is 0.993. The van der Waals surface area contributed by atoms with Crippen molar-refractivity contribution in [2.24, 2.45) is 0 Å². The number of carboxylic acids is 3. The molecule has 31 heavy (non-hydrogen) atoms. The topological polar surface area (TPSA) is 112 Å². The van der Waals surface area contributed by atoms with Crippen molar-refractivity contribution in [3.05, 3.63) is 108 Å². The molecule has 0 amide bonds. The van der Waals surface area contributed by atoms with Crippen molar-refractivity contribution >= 4 is 52.7 Å². The van der Waals surface area contributed by atoms with E-state index in [0.29, 0.717) is 16.7 Å². The molecule has 0 saturated heterocycles. The summed E-state index contributed by atoms with van der Waals surface area (Å²) >= 11 is 14.4. The Balaban J connectivity index is 0.000000402. The van der Waals surface area contributed by atoms with E-state index in [0.717, 1.165) is 0 Å². The van der Waals surface area contributed by atoms with Crippen LogP contribution in [0.4, 0.5) is 0 Å². The first-order valence-corrected chi connectivity index (χ1v) is 9.73. The minimum Gasteiger partial charge on any atom is -0.478 e. The summed E-state index contributed by atoms with van der Waals surface area (Å²) < 4.78 is -0.750. The number of hydrogen-bond donors (Lipinski definition) is 3. The van der Waals surface area contributed by atoms with Crippen LogP contribution in [0.2, 0.25) is 0 Å². The number of alkyl halides is 3. The van der Waals surface area contributed by atoms with Crippen molar-refractivity contribution in [1.29, 1.82) is 0 Å². The maximum atomic E-state index is 10.2. The molecule has 0 saturated carbocycles. The van der Waals surface area contributed by atoms with Crippen LogP contribution in [0.3, 0.4) is 0 Å². The van der Waals surface area contributed by atoms with Crippen molar-refractivity contribution in [2.45, 2.75) is 4.30 Å². The Kier molecular flexibility index (Phi) is 15.1. The Morgan fingerprint density at radius 3 is 0.742 bits per heavy atom. The van der Waals surface area contributed by atoms with Gasteiger partial charge in [0.2, 0.25) is 0 Å². The van der Waals surface area contributed by atoms with E-state index in [9.17, 15) is 14.4 Å². The summed E-state index contributed by atoms with van der Waals surface area (Å²) in [4.78, 5) is 30.6. The Bertz CT molecular complexity index is 784. The Morgan fingerprint density at radius 1 is 0.484 bits per heavy atom. The van der Waals surface area contributed by atoms with Gasteiger partial charge < -0.3 is 15.3 Å². The van der Waals surface area contributed by atoms with Crippen LogP contribution < -0.4 is 0 Å². The van der Waals surface area contributed by atoms with Gasteiger partial charge in [0.1, 0.15) is 0 Å². The first kappa shape index (κ1) is 27.9. The van der Waals surface area contributed by atoms with Gasteiger partial charge in [-0.05, 0) is 36.4 Å². The maximum Gasteiger partial charge on any atom is 0.335 e. The average molecular weight is 486 g/mol. The van der Waals surface area contributed by atoms with Crippen LogP contribution in [0.25, 0.3) is 0 Å². The predicted octanol–water partition coefficient (Wildman–Crippen LogP) is 6.14. The minimum absolute atomic E-state index is 0.331. The highest BCUT2D eigenvalue weighted by Gasteiger charge is 1.98. The van der Waals surface area contributed by atoms with Gasteiger partial charge in [0.15, 0.2) is 4.30 Å². The number of carboxylic acid groups (broad SMARTS) is 3. The van der Waals surface area contributed by atoms with Gasteiger partial charge in [-0.15, -0.1) is 0 Å². The van der Waals surface area contributed by atoms with Crippen molar-refractivity contribution in [1.82, 2.24) is 0 Å². The molecule has 3 N–H and O–H groups in total. The van der Waals surface area contributed by atoms with E-state index in [2.05, 4.69) is 0 Å². The third kappa shape index (κ3) is 15.4. The summed E-state index contributed by atoms with van der Waals surface area (Å²) in [5, 5.41) is 25.2. The summed E-state index contributed by atoms with van der Waals surface area (Å²) in [7, 11) is 0. The molecule has 6 nitrogen and oxygen atoms in total. The van der Waals surface area contributed by atoms with E-state index in [1.54, 1.807) is 91.0 Å². The van der Waals surface area contributed by atoms with Gasteiger partial charge >= 0.3 is 17.9 Å². The largest absolute Gasteiger partial charge is 0.478 e. The van der Waals surface area contributed by atoms with Crippen LogP contribution in [0, 0.1) is 0 Å². The second-order valence-corrected chi connectivity index (χ2v) is 7.24. The van der Waals surface area contributed by atoms with Gasteiger partial charge in [-0.3, -0.25) is 0 Å². The SMILES string of the molecule is ClC(Cl)Cl.O=C(O)c1ccccc1.O=C(O)c1ccccc1.O=C(O)c1ccccc1. The Morgan fingerprint density at radius 2 is 0.645 bits per heavy atom. The fraction of sp³-hybridized carbons (Fsp3) is 0.0455. The van der Waals surface area contributed by atoms with Gasteiger partial charge in [-0.2, -0.15) is 0 Å². The molecule has 164 valence electrons. The highest BCUT2D eigenvalue weighted by atomic mass is 35.6. The molecule has 0 radical (unpaired) electrons. The van der Waals surface area contributed by atoms with E-state index >= 15 is 0 Å². The van der Waals surface area contributed by atoms with Crippen LogP contribution >= 0.6 is 34.8 Å². The van der Waals surface area contributed by atoms with Crippen molar-refractivity contribution < 1.29 is 29.7 Å². The van der Waals surface area contributed by atoms with Crippen molar-refractivity contribution in [3.8, 4) is 0 Å². The Labute approximate surface area is 194 Å². The number of carbonyl (C=O) groups is 3. The number of benzene rings is 3. The Hall–Kier alpha value is -3.06. The van der Waals surface area contributed by atoms with Gasteiger partial charge in [0, 0.05) is 0 Å². The van der Waals surface area contributed by atoms with Crippen LogP contribution in [0.15, 0.2) is 91.0 Å². The molecule has 0 aliphatic heterocycles. The van der Waals surface area contributed by atoms with Gasteiger partial charge in [-0.1, -0.05) is 89.4 Å². The van der Waals surface area contributed by atoms with E-state index in [1.165, 1.54) is 0 Å². The lowest BCUT2D eigenvalue weighted by atomic mass is 10.2. The number of rotatable bonds is 3. The molecule has 0 aliphatic rings. The average Bonchev–Trinajstić information content (AvgIpc) is 2.76. The van der Waals surface area contributed by atoms with Crippen LogP contribution in [0.1, 0.15) is 31.1 Å². The van der Waals surface area contributed by atoms with Gasteiger partial charge in [0.05, 0.1) is 16.7 Å². The van der Waals surface area contributed by atoms with Gasteiger partial charge in [0.25, 0.3) is 0 Å². The summed E-state index contributed by atoms with van der Waals surface area (Å²) in [6, 6.07) is 24.9. The van der Waals surface area contributed by atoms with Crippen molar-refractivity contribution in [3.63, 3.8) is 0 Å². The summed E-state index contributed by atoms with van der Waals surface area (Å²) in [6.45, 7) is 0. The zero-order chi connectivity index (χ0) is 23.6. The number of hydrogen-bond acceptors (Lipinski definition) is 3. The lowest BCUT2D eigenvalue weighted by molar-refractivity contribution is 0.0686. The minimum atomic E-state index is -0.879. The van der Waals surface area contributed by atoms with Crippen molar-refractivity contribution in [2.75, 3.05) is 0 Å². The molecule has 0 heterocycles. The summed E-state index contributed by atoms with van der Waals surface area (Å²) in [6.07, 6.45) is 0. The third-order valence-corrected chi connectivity index (χ3v) is 3.06. The molecule has 3 aromatic carbocycles. The molecular weight excluding hydrogens is 467 g/mol. The van der Waals surface area contributed by atoms with Gasteiger partial charge in [-0.25, -0.2) is 14.4 Å². The number of halogens is 3. The fourth-order valence-electron chi connectivity index (χ4n) is 1.74. The lowest BCUT2D eigenvalue weighted by Gasteiger charge is -1.88. The fourth-order valence-corrected chi connectivity index (χ4v) is 1.74. The molecule has 0 fully saturated rings. The monoisotopic (exact) mass is 484 g/mol.